The Morgan fingerprint density at radius 2 is 2.24 bits per heavy atom. The average molecular weight is 235 g/mol. The molecule has 0 aliphatic carbocycles. The highest BCUT2D eigenvalue weighted by Crippen LogP contribution is 2.09. The van der Waals surface area contributed by atoms with E-state index in [0.717, 1.165) is 31.7 Å². The van der Waals surface area contributed by atoms with Crippen LogP contribution in [-0.2, 0) is 0 Å². The maximum Gasteiger partial charge on any atom is 0.253 e. The normalized spacial score (nSPS) is 10.1. The second kappa shape index (κ2) is 6.89. The Kier molecular flexibility index (Phi) is 5.46. The van der Waals surface area contributed by atoms with Crippen LogP contribution in [0.1, 0.15) is 37.0 Å². The van der Waals surface area contributed by atoms with Gasteiger partial charge in [-0.15, -0.1) is 0 Å². The van der Waals surface area contributed by atoms with Crippen molar-refractivity contribution in [3.05, 3.63) is 23.9 Å². The lowest BCUT2D eigenvalue weighted by atomic mass is 10.2. The first-order valence-electron chi connectivity index (χ1n) is 6.14. The largest absolute Gasteiger partial charge is 0.370 e. The van der Waals surface area contributed by atoms with Gasteiger partial charge in [0.2, 0.25) is 0 Å². The summed E-state index contributed by atoms with van der Waals surface area (Å²) in [7, 11) is 1.84. The number of anilines is 1. The molecule has 0 bridgehead atoms. The van der Waals surface area contributed by atoms with E-state index in [2.05, 4.69) is 17.2 Å². The minimum atomic E-state index is 0.0556. The molecule has 1 rings (SSSR count). The zero-order chi connectivity index (χ0) is 12.7. The van der Waals surface area contributed by atoms with Gasteiger partial charge in [-0.2, -0.15) is 0 Å². The van der Waals surface area contributed by atoms with Crippen LogP contribution in [0.4, 0.5) is 5.82 Å². The van der Waals surface area contributed by atoms with E-state index in [1.807, 2.05) is 14.0 Å². The van der Waals surface area contributed by atoms with E-state index in [1.54, 1.807) is 23.2 Å². The van der Waals surface area contributed by atoms with E-state index >= 15 is 0 Å². The van der Waals surface area contributed by atoms with Gasteiger partial charge in [0.05, 0.1) is 0 Å². The summed E-state index contributed by atoms with van der Waals surface area (Å²) in [6, 6.07) is 3.56. The van der Waals surface area contributed by atoms with Gasteiger partial charge in [0, 0.05) is 31.9 Å². The van der Waals surface area contributed by atoms with Crippen LogP contribution in [0, 0.1) is 0 Å². The third-order valence-corrected chi connectivity index (χ3v) is 2.56. The molecular formula is C13H21N3O. The van der Waals surface area contributed by atoms with E-state index in [4.69, 9.17) is 0 Å². The summed E-state index contributed by atoms with van der Waals surface area (Å²) in [5.74, 6) is 0.808. The van der Waals surface area contributed by atoms with Crippen LogP contribution in [0.5, 0.6) is 0 Å². The van der Waals surface area contributed by atoms with E-state index in [0.29, 0.717) is 5.56 Å². The van der Waals surface area contributed by atoms with Crippen molar-refractivity contribution in [2.24, 2.45) is 0 Å². The van der Waals surface area contributed by atoms with Crippen LogP contribution < -0.4 is 5.32 Å². The topological polar surface area (TPSA) is 45.2 Å². The molecule has 0 aliphatic heterocycles. The molecule has 4 heteroatoms. The van der Waals surface area contributed by atoms with Gasteiger partial charge in [0.25, 0.3) is 5.91 Å². The number of nitrogens with zero attached hydrogens (tertiary/aromatic N) is 2. The fourth-order valence-electron chi connectivity index (χ4n) is 1.56. The first-order valence-corrected chi connectivity index (χ1v) is 6.14. The Bertz CT molecular complexity index is 365. The van der Waals surface area contributed by atoms with Crippen molar-refractivity contribution < 1.29 is 4.79 Å². The molecule has 0 saturated heterocycles. The van der Waals surface area contributed by atoms with E-state index in [1.165, 1.54) is 0 Å². The molecule has 4 nitrogen and oxygen atoms in total. The fourth-order valence-corrected chi connectivity index (χ4v) is 1.56. The lowest BCUT2D eigenvalue weighted by Gasteiger charge is -2.17. The smallest absolute Gasteiger partial charge is 0.253 e. The van der Waals surface area contributed by atoms with Crippen LogP contribution >= 0.6 is 0 Å². The summed E-state index contributed by atoms with van der Waals surface area (Å²) in [5.41, 5.74) is 0.689. The molecule has 94 valence electrons. The molecule has 0 atom stereocenters. The molecule has 0 aromatic carbocycles. The van der Waals surface area contributed by atoms with Gasteiger partial charge in [-0.05, 0) is 25.5 Å². The van der Waals surface area contributed by atoms with Crippen molar-refractivity contribution in [1.82, 2.24) is 9.88 Å². The van der Waals surface area contributed by atoms with E-state index in [9.17, 15) is 4.79 Å². The predicted octanol–water partition coefficient (Wildman–Crippen LogP) is 2.39. The molecule has 1 aromatic heterocycles. The number of carbonyl (C=O) groups is 1. The van der Waals surface area contributed by atoms with Gasteiger partial charge in [-0.3, -0.25) is 4.79 Å². The third-order valence-electron chi connectivity index (χ3n) is 2.56. The minimum absolute atomic E-state index is 0.0556. The summed E-state index contributed by atoms with van der Waals surface area (Å²) in [4.78, 5) is 18.0. The number of nitrogens with one attached hydrogen (secondary N) is 1. The van der Waals surface area contributed by atoms with Gasteiger partial charge in [0.1, 0.15) is 5.82 Å². The standard InChI is InChI=1S/C13H21N3O/c1-4-6-9-16(3)13(17)11-7-8-15-12(10-11)14-5-2/h7-8,10H,4-6,9H2,1-3H3,(H,14,15). The number of rotatable bonds is 6. The third kappa shape index (κ3) is 4.06. The zero-order valence-corrected chi connectivity index (χ0v) is 10.9. The second-order valence-electron chi connectivity index (χ2n) is 4.04. The quantitative estimate of drug-likeness (QED) is 0.823. The highest BCUT2D eigenvalue weighted by molar-refractivity contribution is 5.94. The molecular weight excluding hydrogens is 214 g/mol. The molecule has 0 spiro atoms. The monoisotopic (exact) mass is 235 g/mol. The lowest BCUT2D eigenvalue weighted by molar-refractivity contribution is 0.0793. The van der Waals surface area contributed by atoms with Crippen LogP contribution in [0.2, 0.25) is 0 Å². The fraction of sp³-hybridized carbons (Fsp3) is 0.538. The Balaban J connectivity index is 2.70. The molecule has 0 fully saturated rings. The Hall–Kier alpha value is -1.58. The van der Waals surface area contributed by atoms with Gasteiger partial charge in [-0.25, -0.2) is 4.98 Å². The molecule has 17 heavy (non-hydrogen) atoms. The Morgan fingerprint density at radius 3 is 2.88 bits per heavy atom. The summed E-state index contributed by atoms with van der Waals surface area (Å²) < 4.78 is 0. The first-order chi connectivity index (χ1) is 8.19. The lowest BCUT2D eigenvalue weighted by Crippen LogP contribution is -2.27. The molecule has 0 radical (unpaired) electrons. The minimum Gasteiger partial charge on any atom is -0.370 e. The number of amides is 1. The second-order valence-corrected chi connectivity index (χ2v) is 4.04. The van der Waals surface area contributed by atoms with Crippen molar-refractivity contribution >= 4 is 11.7 Å². The number of unbranched alkanes of at least 4 members (excludes halogenated alkanes) is 1. The highest BCUT2D eigenvalue weighted by Gasteiger charge is 2.11. The molecule has 0 saturated carbocycles. The van der Waals surface area contributed by atoms with Crippen molar-refractivity contribution in [3.8, 4) is 0 Å². The Labute approximate surface area is 103 Å². The van der Waals surface area contributed by atoms with Crippen molar-refractivity contribution in [3.63, 3.8) is 0 Å². The van der Waals surface area contributed by atoms with Crippen LogP contribution in [0.3, 0.4) is 0 Å². The summed E-state index contributed by atoms with van der Waals surface area (Å²) in [6.07, 6.45) is 3.79. The van der Waals surface area contributed by atoms with Crippen LogP contribution in [-0.4, -0.2) is 35.9 Å². The van der Waals surface area contributed by atoms with Gasteiger partial charge < -0.3 is 10.2 Å². The van der Waals surface area contributed by atoms with Crippen molar-refractivity contribution in [1.29, 1.82) is 0 Å². The van der Waals surface area contributed by atoms with Gasteiger partial charge in [0.15, 0.2) is 0 Å². The predicted molar refractivity (Wildman–Crippen MR) is 70.3 cm³/mol. The van der Waals surface area contributed by atoms with Crippen molar-refractivity contribution in [2.45, 2.75) is 26.7 Å². The number of aromatic nitrogens is 1. The summed E-state index contributed by atoms with van der Waals surface area (Å²) in [5, 5.41) is 3.10. The summed E-state index contributed by atoms with van der Waals surface area (Å²) in [6.45, 7) is 5.72. The van der Waals surface area contributed by atoms with Gasteiger partial charge >= 0.3 is 0 Å². The molecule has 0 unspecified atom stereocenters. The van der Waals surface area contributed by atoms with Crippen molar-refractivity contribution in [2.75, 3.05) is 25.5 Å². The van der Waals surface area contributed by atoms with E-state index in [-0.39, 0.29) is 5.91 Å². The number of carbonyl (C=O) groups excluding carboxylic acids is 1. The number of pyridine rings is 1. The highest BCUT2D eigenvalue weighted by atomic mass is 16.2. The SMILES string of the molecule is CCCCN(C)C(=O)c1ccnc(NCC)c1. The Morgan fingerprint density at radius 1 is 1.47 bits per heavy atom. The first kappa shape index (κ1) is 13.5. The molecule has 1 amide bonds. The molecule has 1 N–H and O–H groups in total. The molecule has 0 aliphatic rings. The van der Waals surface area contributed by atoms with E-state index < -0.39 is 0 Å². The number of hydrogen-bond donors (Lipinski definition) is 1. The number of hydrogen-bond acceptors (Lipinski definition) is 3. The zero-order valence-electron chi connectivity index (χ0n) is 10.9. The molecule has 1 aromatic rings. The molecule has 1 heterocycles. The summed E-state index contributed by atoms with van der Waals surface area (Å²) >= 11 is 0. The average Bonchev–Trinajstić information content (AvgIpc) is 2.35. The van der Waals surface area contributed by atoms with Crippen LogP contribution in [0.25, 0.3) is 0 Å². The maximum atomic E-state index is 12.1. The van der Waals surface area contributed by atoms with Crippen LogP contribution in [0.15, 0.2) is 18.3 Å². The van der Waals surface area contributed by atoms with Gasteiger partial charge in [-0.1, -0.05) is 13.3 Å². The maximum absolute atomic E-state index is 12.1.